The van der Waals surface area contributed by atoms with E-state index in [1.807, 2.05) is 30.3 Å². The summed E-state index contributed by atoms with van der Waals surface area (Å²) < 4.78 is 0. The minimum absolute atomic E-state index is 0.158. The minimum atomic E-state index is -0.647. The largest absolute Gasteiger partial charge is 0.328 e. The number of para-hydroxylation sites is 1. The molecule has 3 fully saturated rings. The molecule has 3 aliphatic heterocycles. The number of nitrogens with zero attached hydrogens (tertiary/aromatic N) is 3. The van der Waals surface area contributed by atoms with Crippen molar-refractivity contribution in [3.8, 4) is 0 Å². The zero-order valence-corrected chi connectivity index (χ0v) is 12.1. The Hall–Kier alpha value is -2.37. The smallest absolute Gasteiger partial charge is 0.312 e. The second-order valence-electron chi connectivity index (χ2n) is 5.97. The fraction of sp³-hybridized carbons (Fsp3) is 0.438. The maximum absolute atomic E-state index is 12.7. The van der Waals surface area contributed by atoms with Gasteiger partial charge in [0.15, 0.2) is 0 Å². The molecular weight excluding hydrogens is 282 g/mol. The lowest BCUT2D eigenvalue weighted by Crippen LogP contribution is -2.46. The lowest BCUT2D eigenvalue weighted by atomic mass is 10.1. The summed E-state index contributed by atoms with van der Waals surface area (Å²) >= 11 is 0. The fourth-order valence-electron chi connectivity index (χ4n) is 3.70. The summed E-state index contributed by atoms with van der Waals surface area (Å²) in [5.74, 6) is -0.357. The number of rotatable bonds is 2. The summed E-state index contributed by atoms with van der Waals surface area (Å²) in [5.41, 5.74) is 0.814. The molecule has 4 amide bonds. The van der Waals surface area contributed by atoms with Crippen LogP contribution in [-0.4, -0.2) is 52.8 Å². The van der Waals surface area contributed by atoms with Crippen LogP contribution in [-0.2, 0) is 9.59 Å². The Morgan fingerprint density at radius 3 is 2.36 bits per heavy atom. The summed E-state index contributed by atoms with van der Waals surface area (Å²) in [7, 11) is 0. The van der Waals surface area contributed by atoms with Crippen LogP contribution in [0.1, 0.15) is 19.3 Å². The number of carbonyl (C=O) groups excluding carboxylic acids is 3. The summed E-state index contributed by atoms with van der Waals surface area (Å²) in [6.45, 7) is 1.16. The Balaban J connectivity index is 1.59. The quantitative estimate of drug-likeness (QED) is 0.771. The molecule has 3 saturated heterocycles. The van der Waals surface area contributed by atoms with Gasteiger partial charge in [-0.1, -0.05) is 18.2 Å². The maximum atomic E-state index is 12.7. The van der Waals surface area contributed by atoms with E-state index < -0.39 is 6.04 Å². The van der Waals surface area contributed by atoms with Gasteiger partial charge in [0.1, 0.15) is 12.1 Å². The van der Waals surface area contributed by atoms with Crippen LogP contribution >= 0.6 is 0 Å². The van der Waals surface area contributed by atoms with E-state index in [-0.39, 0.29) is 23.9 Å². The van der Waals surface area contributed by atoms with Gasteiger partial charge in [-0.05, 0) is 31.4 Å². The summed E-state index contributed by atoms with van der Waals surface area (Å²) in [6.07, 6.45) is 2.08. The molecule has 0 radical (unpaired) electrons. The van der Waals surface area contributed by atoms with E-state index in [1.54, 1.807) is 9.80 Å². The molecule has 114 valence electrons. The average molecular weight is 299 g/mol. The second kappa shape index (κ2) is 4.83. The van der Waals surface area contributed by atoms with E-state index in [0.29, 0.717) is 25.9 Å². The molecule has 0 N–H and O–H groups in total. The van der Waals surface area contributed by atoms with Crippen LogP contribution in [0, 0.1) is 0 Å². The van der Waals surface area contributed by atoms with Crippen molar-refractivity contribution in [3.63, 3.8) is 0 Å². The fourth-order valence-corrected chi connectivity index (χ4v) is 3.70. The van der Waals surface area contributed by atoms with Gasteiger partial charge < -0.3 is 9.80 Å². The molecule has 0 aliphatic carbocycles. The number of carbonyl (C=O) groups is 3. The topological polar surface area (TPSA) is 60.9 Å². The molecule has 3 heterocycles. The molecule has 2 atom stereocenters. The Kier molecular flexibility index (Phi) is 2.92. The third-order valence-corrected chi connectivity index (χ3v) is 4.78. The lowest BCUT2D eigenvalue weighted by molar-refractivity contribution is -0.133. The van der Waals surface area contributed by atoms with Crippen molar-refractivity contribution < 1.29 is 14.4 Å². The third kappa shape index (κ3) is 1.76. The Morgan fingerprint density at radius 1 is 0.864 bits per heavy atom. The van der Waals surface area contributed by atoms with Crippen LogP contribution in [0.2, 0.25) is 0 Å². The molecule has 0 spiro atoms. The van der Waals surface area contributed by atoms with E-state index in [0.717, 1.165) is 12.1 Å². The van der Waals surface area contributed by atoms with Crippen molar-refractivity contribution in [2.45, 2.75) is 31.3 Å². The summed E-state index contributed by atoms with van der Waals surface area (Å²) in [6, 6.07) is 8.09. The number of benzene rings is 1. The molecule has 6 heteroatoms. The zero-order valence-electron chi connectivity index (χ0n) is 12.1. The van der Waals surface area contributed by atoms with Crippen molar-refractivity contribution in [2.24, 2.45) is 0 Å². The van der Waals surface area contributed by atoms with E-state index >= 15 is 0 Å². The molecule has 1 aromatic carbocycles. The van der Waals surface area contributed by atoms with E-state index in [2.05, 4.69) is 0 Å². The van der Waals surface area contributed by atoms with Gasteiger partial charge in [-0.25, -0.2) is 9.69 Å². The summed E-state index contributed by atoms with van der Waals surface area (Å²) in [5, 5.41) is 0. The van der Waals surface area contributed by atoms with Crippen LogP contribution in [0.3, 0.4) is 0 Å². The van der Waals surface area contributed by atoms with E-state index in [1.165, 1.54) is 4.90 Å². The highest BCUT2D eigenvalue weighted by molar-refractivity contribution is 6.10. The number of fused-ring (bicyclic) bond motifs is 1. The molecule has 4 rings (SSSR count). The average Bonchev–Trinajstić information content (AvgIpc) is 3.20. The Labute approximate surface area is 128 Å². The molecule has 6 nitrogen and oxygen atoms in total. The normalized spacial score (nSPS) is 28.0. The first-order chi connectivity index (χ1) is 10.7. The van der Waals surface area contributed by atoms with E-state index in [9.17, 15) is 14.4 Å². The number of imide groups is 1. The third-order valence-electron chi connectivity index (χ3n) is 4.78. The number of amides is 4. The highest BCUT2D eigenvalue weighted by atomic mass is 16.2. The van der Waals surface area contributed by atoms with Crippen LogP contribution in [0.4, 0.5) is 10.5 Å². The van der Waals surface area contributed by atoms with Crippen LogP contribution < -0.4 is 4.90 Å². The van der Waals surface area contributed by atoms with Crippen molar-refractivity contribution in [3.05, 3.63) is 30.3 Å². The number of anilines is 1. The molecule has 0 bridgehead atoms. The molecule has 3 aliphatic rings. The van der Waals surface area contributed by atoms with Crippen LogP contribution in [0.5, 0.6) is 0 Å². The van der Waals surface area contributed by atoms with Crippen molar-refractivity contribution in [1.82, 2.24) is 9.80 Å². The van der Waals surface area contributed by atoms with Gasteiger partial charge in [0.25, 0.3) is 5.91 Å². The van der Waals surface area contributed by atoms with Crippen molar-refractivity contribution in [1.29, 1.82) is 0 Å². The highest BCUT2D eigenvalue weighted by Crippen LogP contribution is 2.32. The SMILES string of the molecule is O=C1[C@@H](N2C(=O)[C@H]3CCCN3C2=O)CCN1c1ccccc1. The van der Waals surface area contributed by atoms with Crippen LogP contribution in [0.25, 0.3) is 0 Å². The monoisotopic (exact) mass is 299 g/mol. The van der Waals surface area contributed by atoms with Gasteiger partial charge >= 0.3 is 6.03 Å². The molecule has 0 unspecified atom stereocenters. The molecular formula is C16H17N3O3. The highest BCUT2D eigenvalue weighted by Gasteiger charge is 2.53. The first kappa shape index (κ1) is 13.3. The van der Waals surface area contributed by atoms with Crippen LogP contribution in [0.15, 0.2) is 30.3 Å². The van der Waals surface area contributed by atoms with Gasteiger partial charge in [0.2, 0.25) is 5.91 Å². The first-order valence-electron chi connectivity index (χ1n) is 7.68. The molecule has 1 aromatic rings. The number of hydrogen-bond donors (Lipinski definition) is 0. The van der Waals surface area contributed by atoms with Crippen molar-refractivity contribution in [2.75, 3.05) is 18.0 Å². The van der Waals surface area contributed by atoms with Crippen molar-refractivity contribution >= 4 is 23.5 Å². The molecule has 0 saturated carbocycles. The van der Waals surface area contributed by atoms with Gasteiger partial charge in [0.05, 0.1) is 0 Å². The standard InChI is InChI=1S/C16H17N3O3/c20-14-13(8-10-17(14)11-5-2-1-3-6-11)19-15(21)12-7-4-9-18(12)16(19)22/h1-3,5-6,12-13H,4,7-10H2/t12-,13+/m1/s1. The lowest BCUT2D eigenvalue weighted by Gasteiger charge is -2.22. The maximum Gasteiger partial charge on any atom is 0.328 e. The zero-order chi connectivity index (χ0) is 15.3. The number of urea groups is 1. The second-order valence-corrected chi connectivity index (χ2v) is 5.97. The van der Waals surface area contributed by atoms with Gasteiger partial charge in [0, 0.05) is 18.8 Å². The minimum Gasteiger partial charge on any atom is -0.312 e. The predicted octanol–water partition coefficient (Wildman–Crippen LogP) is 1.22. The molecule has 0 aromatic heterocycles. The molecule has 22 heavy (non-hydrogen) atoms. The van der Waals surface area contributed by atoms with E-state index in [4.69, 9.17) is 0 Å². The first-order valence-corrected chi connectivity index (χ1v) is 7.68. The Bertz CT molecular complexity index is 623. The number of hydrogen-bond acceptors (Lipinski definition) is 3. The van der Waals surface area contributed by atoms with Gasteiger partial charge in [-0.15, -0.1) is 0 Å². The predicted molar refractivity (Wildman–Crippen MR) is 79.2 cm³/mol. The summed E-state index contributed by atoms with van der Waals surface area (Å²) in [4.78, 5) is 42.0. The Morgan fingerprint density at radius 2 is 1.64 bits per heavy atom. The van der Waals surface area contributed by atoms with Gasteiger partial charge in [-0.2, -0.15) is 0 Å². The van der Waals surface area contributed by atoms with Gasteiger partial charge in [-0.3, -0.25) is 9.59 Å².